The fourth-order valence-corrected chi connectivity index (χ4v) is 2.92. The first-order valence-electron chi connectivity index (χ1n) is 6.63. The molecule has 0 aliphatic rings. The molecule has 0 fully saturated rings. The molecule has 0 unspecified atom stereocenters. The molecule has 0 aliphatic carbocycles. The van der Waals surface area contributed by atoms with Crippen LogP contribution in [0.2, 0.25) is 5.02 Å². The van der Waals surface area contributed by atoms with Gasteiger partial charge < -0.3 is 4.90 Å². The van der Waals surface area contributed by atoms with Gasteiger partial charge in [-0.1, -0.05) is 33.6 Å². The van der Waals surface area contributed by atoms with E-state index in [0.29, 0.717) is 22.0 Å². The molecule has 0 saturated heterocycles. The summed E-state index contributed by atoms with van der Waals surface area (Å²) in [5.74, 6) is -0.177. The summed E-state index contributed by atoms with van der Waals surface area (Å²) in [5, 5.41) is 11.5. The standard InChI is InChI=1S/C15H11BrClN5O/c1-21(14-6-5-11(16)8-13(14)17)15(23)10-3-2-4-12(7-10)22-9-18-19-20-22/h2-9H,1H3. The number of carbonyl (C=O) groups is 1. The van der Waals surface area contributed by atoms with E-state index in [1.807, 2.05) is 12.1 Å². The van der Waals surface area contributed by atoms with Gasteiger partial charge in [0.25, 0.3) is 5.91 Å². The Morgan fingerprint density at radius 3 is 2.78 bits per heavy atom. The van der Waals surface area contributed by atoms with Gasteiger partial charge in [0, 0.05) is 17.1 Å². The van der Waals surface area contributed by atoms with Gasteiger partial charge in [0.2, 0.25) is 0 Å². The Bertz CT molecular complexity index is 853. The highest BCUT2D eigenvalue weighted by atomic mass is 79.9. The average Bonchev–Trinajstić information content (AvgIpc) is 3.08. The molecular formula is C15H11BrClN5O. The van der Waals surface area contributed by atoms with Crippen LogP contribution in [0.1, 0.15) is 10.4 Å². The van der Waals surface area contributed by atoms with Crippen LogP contribution in [0.5, 0.6) is 0 Å². The van der Waals surface area contributed by atoms with Crippen LogP contribution in [-0.2, 0) is 0 Å². The molecule has 2 aromatic carbocycles. The Kier molecular flexibility index (Phi) is 4.40. The maximum Gasteiger partial charge on any atom is 0.258 e. The highest BCUT2D eigenvalue weighted by Gasteiger charge is 2.16. The normalized spacial score (nSPS) is 10.6. The number of anilines is 1. The van der Waals surface area contributed by atoms with E-state index in [-0.39, 0.29) is 5.91 Å². The fraction of sp³-hybridized carbons (Fsp3) is 0.0667. The lowest BCUT2D eigenvalue weighted by atomic mass is 10.1. The smallest absolute Gasteiger partial charge is 0.258 e. The van der Waals surface area contributed by atoms with Crippen molar-refractivity contribution in [3.63, 3.8) is 0 Å². The maximum absolute atomic E-state index is 12.7. The van der Waals surface area contributed by atoms with E-state index >= 15 is 0 Å². The number of hydrogen-bond donors (Lipinski definition) is 0. The summed E-state index contributed by atoms with van der Waals surface area (Å²) in [6.07, 6.45) is 1.47. The summed E-state index contributed by atoms with van der Waals surface area (Å²) in [6.45, 7) is 0. The Hall–Kier alpha value is -2.25. The zero-order valence-electron chi connectivity index (χ0n) is 12.0. The van der Waals surface area contributed by atoms with Crippen molar-refractivity contribution in [3.8, 4) is 5.69 Å². The number of benzene rings is 2. The minimum absolute atomic E-state index is 0.177. The molecule has 3 aromatic rings. The van der Waals surface area contributed by atoms with E-state index in [1.54, 1.807) is 37.4 Å². The van der Waals surface area contributed by atoms with Gasteiger partial charge in [0.05, 0.1) is 16.4 Å². The number of hydrogen-bond acceptors (Lipinski definition) is 4. The van der Waals surface area contributed by atoms with Crippen LogP contribution in [0.25, 0.3) is 5.69 Å². The molecule has 1 heterocycles. The van der Waals surface area contributed by atoms with Gasteiger partial charge in [0.1, 0.15) is 6.33 Å². The second kappa shape index (κ2) is 6.47. The highest BCUT2D eigenvalue weighted by Crippen LogP contribution is 2.29. The predicted molar refractivity (Wildman–Crippen MR) is 91.0 cm³/mol. The first-order chi connectivity index (χ1) is 11.1. The van der Waals surface area contributed by atoms with Gasteiger partial charge in [-0.3, -0.25) is 4.79 Å². The lowest BCUT2D eigenvalue weighted by Crippen LogP contribution is -2.26. The van der Waals surface area contributed by atoms with Gasteiger partial charge in [0.15, 0.2) is 0 Å². The predicted octanol–water partition coefficient (Wildman–Crippen LogP) is 3.35. The number of tetrazole rings is 1. The van der Waals surface area contributed by atoms with E-state index in [4.69, 9.17) is 11.6 Å². The molecule has 8 heteroatoms. The second-order valence-electron chi connectivity index (χ2n) is 4.76. The number of amides is 1. The molecule has 0 N–H and O–H groups in total. The Balaban J connectivity index is 1.92. The summed E-state index contributed by atoms with van der Waals surface area (Å²) in [4.78, 5) is 14.2. The van der Waals surface area contributed by atoms with Crippen molar-refractivity contribution in [2.45, 2.75) is 0 Å². The van der Waals surface area contributed by atoms with Crippen LogP contribution in [0.4, 0.5) is 5.69 Å². The lowest BCUT2D eigenvalue weighted by molar-refractivity contribution is 0.0993. The zero-order valence-corrected chi connectivity index (χ0v) is 14.4. The van der Waals surface area contributed by atoms with Gasteiger partial charge in [-0.2, -0.15) is 0 Å². The summed E-state index contributed by atoms with van der Waals surface area (Å²) in [6, 6.07) is 12.4. The molecule has 0 atom stereocenters. The molecule has 0 spiro atoms. The van der Waals surface area contributed by atoms with Crippen LogP contribution in [0, 0.1) is 0 Å². The number of aromatic nitrogens is 4. The third kappa shape index (κ3) is 3.25. The van der Waals surface area contributed by atoms with Crippen molar-refractivity contribution in [2.75, 3.05) is 11.9 Å². The summed E-state index contributed by atoms with van der Waals surface area (Å²) < 4.78 is 2.34. The largest absolute Gasteiger partial charge is 0.310 e. The summed E-state index contributed by atoms with van der Waals surface area (Å²) in [7, 11) is 1.68. The van der Waals surface area contributed by atoms with Gasteiger partial charge in [-0.25, -0.2) is 4.68 Å². The number of carbonyl (C=O) groups excluding carboxylic acids is 1. The van der Waals surface area contributed by atoms with Crippen LogP contribution in [0.15, 0.2) is 53.3 Å². The molecule has 0 saturated carbocycles. The van der Waals surface area contributed by atoms with E-state index in [2.05, 4.69) is 31.5 Å². The molecule has 0 radical (unpaired) electrons. The fourth-order valence-electron chi connectivity index (χ4n) is 2.12. The molecule has 116 valence electrons. The topological polar surface area (TPSA) is 63.9 Å². The SMILES string of the molecule is CN(C(=O)c1cccc(-n2cnnn2)c1)c1ccc(Br)cc1Cl. The molecule has 1 amide bonds. The molecule has 3 rings (SSSR count). The molecule has 6 nitrogen and oxygen atoms in total. The Labute approximate surface area is 145 Å². The minimum Gasteiger partial charge on any atom is -0.310 e. The van der Waals surface area contributed by atoms with Crippen molar-refractivity contribution in [1.29, 1.82) is 0 Å². The van der Waals surface area contributed by atoms with Gasteiger partial charge >= 0.3 is 0 Å². The first kappa shape index (κ1) is 15.6. The van der Waals surface area contributed by atoms with E-state index in [0.717, 1.165) is 4.47 Å². The molecule has 0 bridgehead atoms. The van der Waals surface area contributed by atoms with E-state index < -0.39 is 0 Å². The monoisotopic (exact) mass is 391 g/mol. The number of halogens is 2. The Morgan fingerprint density at radius 1 is 1.26 bits per heavy atom. The summed E-state index contributed by atoms with van der Waals surface area (Å²) >= 11 is 9.56. The number of nitrogens with zero attached hydrogens (tertiary/aromatic N) is 5. The summed E-state index contributed by atoms with van der Waals surface area (Å²) in [5.41, 5.74) is 1.85. The van der Waals surface area contributed by atoms with E-state index in [9.17, 15) is 4.79 Å². The molecule has 0 aliphatic heterocycles. The molecule has 23 heavy (non-hydrogen) atoms. The van der Waals surface area contributed by atoms with Crippen molar-refractivity contribution in [2.24, 2.45) is 0 Å². The third-order valence-electron chi connectivity index (χ3n) is 3.28. The zero-order chi connectivity index (χ0) is 16.4. The average molecular weight is 393 g/mol. The quantitative estimate of drug-likeness (QED) is 0.686. The van der Waals surface area contributed by atoms with Crippen LogP contribution < -0.4 is 4.90 Å². The maximum atomic E-state index is 12.7. The molecular weight excluding hydrogens is 382 g/mol. The van der Waals surface area contributed by atoms with Crippen molar-refractivity contribution >= 4 is 39.1 Å². The van der Waals surface area contributed by atoms with Crippen molar-refractivity contribution < 1.29 is 4.79 Å². The van der Waals surface area contributed by atoms with Crippen LogP contribution >= 0.6 is 27.5 Å². The highest BCUT2D eigenvalue weighted by molar-refractivity contribution is 9.10. The first-order valence-corrected chi connectivity index (χ1v) is 7.80. The van der Waals surface area contributed by atoms with E-state index in [1.165, 1.54) is 15.9 Å². The third-order valence-corrected chi connectivity index (χ3v) is 4.08. The van der Waals surface area contributed by atoms with Gasteiger partial charge in [-0.05, 0) is 46.8 Å². The lowest BCUT2D eigenvalue weighted by Gasteiger charge is -2.19. The second-order valence-corrected chi connectivity index (χ2v) is 6.09. The van der Waals surface area contributed by atoms with Crippen LogP contribution in [-0.4, -0.2) is 33.2 Å². The molecule has 1 aromatic heterocycles. The Morgan fingerprint density at radius 2 is 2.09 bits per heavy atom. The number of rotatable bonds is 3. The van der Waals surface area contributed by atoms with Gasteiger partial charge in [-0.15, -0.1) is 5.10 Å². The van der Waals surface area contributed by atoms with Crippen LogP contribution in [0.3, 0.4) is 0 Å². The minimum atomic E-state index is -0.177. The van der Waals surface area contributed by atoms with Crippen molar-refractivity contribution in [1.82, 2.24) is 20.2 Å². The van der Waals surface area contributed by atoms with Crippen molar-refractivity contribution in [3.05, 3.63) is 63.9 Å².